The Morgan fingerprint density at radius 1 is 0.933 bits per heavy atom. The Kier molecular flexibility index (Phi) is 9.11. The van der Waals surface area contributed by atoms with E-state index in [0.717, 1.165) is 35.2 Å². The lowest BCUT2D eigenvalue weighted by Gasteiger charge is -2.32. The monoisotopic (exact) mass is 605 g/mol. The van der Waals surface area contributed by atoms with Crippen LogP contribution in [0, 0.1) is 5.92 Å². The number of carbonyl (C=O) groups is 3. The minimum Gasteiger partial charge on any atom is -0.481 e. The highest BCUT2D eigenvalue weighted by molar-refractivity contribution is 6.06. The Morgan fingerprint density at radius 3 is 2.38 bits per heavy atom. The highest BCUT2D eigenvalue weighted by atomic mass is 16.5. The lowest BCUT2D eigenvalue weighted by molar-refractivity contribution is -0.142. The van der Waals surface area contributed by atoms with Crippen LogP contribution in [0.1, 0.15) is 46.8 Å². The summed E-state index contributed by atoms with van der Waals surface area (Å²) in [5, 5.41) is 12.9. The van der Waals surface area contributed by atoms with Gasteiger partial charge in [-0.3, -0.25) is 24.4 Å². The maximum absolute atomic E-state index is 13.6. The molecule has 1 saturated carbocycles. The summed E-state index contributed by atoms with van der Waals surface area (Å²) < 4.78 is 5.55. The molecule has 6 rings (SSSR count). The first-order valence-electron chi connectivity index (χ1n) is 15.2. The number of aromatic nitrogens is 2. The third-order valence-electron chi connectivity index (χ3n) is 8.16. The van der Waals surface area contributed by atoms with E-state index in [0.29, 0.717) is 43.1 Å². The van der Waals surface area contributed by atoms with Gasteiger partial charge in [0.15, 0.2) is 0 Å². The molecule has 0 bridgehead atoms. The SMILES string of the molecule is O=C(O)CC(c1cccnc1)N(Cc1cccc(-c2ccc(N3CCOCC3)c(NC(=O)c3cccnc3)c2)c1)C(=O)C1CC1. The summed E-state index contributed by atoms with van der Waals surface area (Å²) in [5.74, 6) is -1.35. The van der Waals surface area contributed by atoms with Crippen LogP contribution in [0.5, 0.6) is 0 Å². The van der Waals surface area contributed by atoms with E-state index in [2.05, 4.69) is 20.2 Å². The van der Waals surface area contributed by atoms with Crippen LogP contribution in [0.4, 0.5) is 11.4 Å². The van der Waals surface area contributed by atoms with E-state index in [-0.39, 0.29) is 30.7 Å². The molecule has 1 saturated heterocycles. The number of benzene rings is 2. The smallest absolute Gasteiger partial charge is 0.305 e. The van der Waals surface area contributed by atoms with Crippen molar-refractivity contribution in [1.82, 2.24) is 14.9 Å². The van der Waals surface area contributed by atoms with Crippen LogP contribution in [-0.4, -0.2) is 64.1 Å². The van der Waals surface area contributed by atoms with E-state index in [9.17, 15) is 19.5 Å². The standard InChI is InChI=1S/C35H35N5O5/c41-33(42)20-32(28-6-2-12-36-21-28)40(35(44)25-8-9-25)23-24-4-1-5-26(18-24)27-10-11-31(39-14-16-45-17-15-39)30(19-27)38-34(43)29-7-3-13-37-22-29/h1-7,10-13,18-19,21-22,25,32H,8-9,14-17,20,23H2,(H,38,43)(H,41,42). The van der Waals surface area contributed by atoms with Gasteiger partial charge < -0.3 is 25.0 Å². The highest BCUT2D eigenvalue weighted by Crippen LogP contribution is 2.37. The van der Waals surface area contributed by atoms with Crippen LogP contribution in [0.25, 0.3) is 11.1 Å². The van der Waals surface area contributed by atoms with Crippen molar-refractivity contribution in [3.8, 4) is 11.1 Å². The molecule has 2 aromatic heterocycles. The van der Waals surface area contributed by atoms with Gasteiger partial charge >= 0.3 is 5.97 Å². The quantitative estimate of drug-likeness (QED) is 0.240. The lowest BCUT2D eigenvalue weighted by Crippen LogP contribution is -2.36. The molecular formula is C35H35N5O5. The summed E-state index contributed by atoms with van der Waals surface area (Å²) in [4.78, 5) is 50.8. The number of carboxylic acid groups (broad SMARTS) is 1. The van der Waals surface area contributed by atoms with Crippen molar-refractivity contribution in [2.45, 2.75) is 31.8 Å². The molecule has 2 amide bonds. The Balaban J connectivity index is 1.32. The van der Waals surface area contributed by atoms with E-state index in [1.807, 2.05) is 48.5 Å². The average Bonchev–Trinajstić information content (AvgIpc) is 3.93. The van der Waals surface area contributed by atoms with Crippen LogP contribution < -0.4 is 10.2 Å². The van der Waals surface area contributed by atoms with Gasteiger partial charge in [-0.15, -0.1) is 0 Å². The van der Waals surface area contributed by atoms with Gasteiger partial charge in [-0.05, 0) is 71.5 Å². The van der Waals surface area contributed by atoms with E-state index in [1.165, 1.54) is 6.20 Å². The molecule has 10 nitrogen and oxygen atoms in total. The molecule has 4 aromatic rings. The van der Waals surface area contributed by atoms with Crippen molar-refractivity contribution in [2.75, 3.05) is 36.5 Å². The van der Waals surface area contributed by atoms with Crippen molar-refractivity contribution in [2.24, 2.45) is 5.92 Å². The van der Waals surface area contributed by atoms with Gasteiger partial charge in [0.25, 0.3) is 5.91 Å². The van der Waals surface area contributed by atoms with Gasteiger partial charge in [0.1, 0.15) is 0 Å². The Morgan fingerprint density at radius 2 is 1.69 bits per heavy atom. The number of ether oxygens (including phenoxy) is 1. The predicted octanol–water partition coefficient (Wildman–Crippen LogP) is 5.19. The largest absolute Gasteiger partial charge is 0.481 e. The molecule has 2 aromatic carbocycles. The molecule has 230 valence electrons. The number of hydrogen-bond acceptors (Lipinski definition) is 7. The number of hydrogen-bond donors (Lipinski definition) is 2. The second-order valence-electron chi connectivity index (χ2n) is 11.4. The van der Waals surface area contributed by atoms with E-state index >= 15 is 0 Å². The van der Waals surface area contributed by atoms with Gasteiger partial charge in [0, 0.05) is 50.3 Å². The summed E-state index contributed by atoms with van der Waals surface area (Å²) >= 11 is 0. The molecule has 10 heteroatoms. The predicted molar refractivity (Wildman–Crippen MR) is 170 cm³/mol. The highest BCUT2D eigenvalue weighted by Gasteiger charge is 2.37. The van der Waals surface area contributed by atoms with Crippen molar-refractivity contribution in [3.63, 3.8) is 0 Å². The van der Waals surface area contributed by atoms with Gasteiger partial charge in [0.2, 0.25) is 5.91 Å². The zero-order valence-corrected chi connectivity index (χ0v) is 24.8. The number of rotatable bonds is 11. The fraction of sp³-hybridized carbons (Fsp3) is 0.286. The number of nitrogens with zero attached hydrogens (tertiary/aromatic N) is 4. The van der Waals surface area contributed by atoms with Gasteiger partial charge in [-0.2, -0.15) is 0 Å². The second-order valence-corrected chi connectivity index (χ2v) is 11.4. The molecule has 3 heterocycles. The summed E-state index contributed by atoms with van der Waals surface area (Å²) in [6.45, 7) is 2.90. The van der Waals surface area contributed by atoms with Gasteiger partial charge in [-0.25, -0.2) is 0 Å². The maximum atomic E-state index is 13.6. The molecule has 0 radical (unpaired) electrons. The summed E-state index contributed by atoms with van der Waals surface area (Å²) in [6.07, 6.45) is 7.84. The first-order valence-corrected chi connectivity index (χ1v) is 15.2. The first-order chi connectivity index (χ1) is 22.0. The normalized spacial score (nSPS) is 15.2. The fourth-order valence-corrected chi connectivity index (χ4v) is 5.69. The molecule has 1 aliphatic carbocycles. The van der Waals surface area contributed by atoms with Gasteiger partial charge in [0.05, 0.1) is 42.6 Å². The summed E-state index contributed by atoms with van der Waals surface area (Å²) in [7, 11) is 0. The Labute approximate surface area is 261 Å². The third-order valence-corrected chi connectivity index (χ3v) is 8.16. The van der Waals surface area contributed by atoms with Crippen molar-refractivity contribution in [3.05, 3.63) is 108 Å². The van der Waals surface area contributed by atoms with Crippen molar-refractivity contribution < 1.29 is 24.2 Å². The van der Waals surface area contributed by atoms with Crippen LogP contribution in [-0.2, 0) is 20.9 Å². The zero-order valence-electron chi connectivity index (χ0n) is 24.8. The second kappa shape index (κ2) is 13.7. The molecule has 1 aliphatic heterocycles. The zero-order chi connectivity index (χ0) is 31.2. The fourth-order valence-electron chi connectivity index (χ4n) is 5.69. The minimum absolute atomic E-state index is 0.0363. The molecule has 2 aliphatic rings. The van der Waals surface area contributed by atoms with E-state index in [4.69, 9.17) is 4.74 Å². The average molecular weight is 606 g/mol. The number of anilines is 2. The maximum Gasteiger partial charge on any atom is 0.305 e. The van der Waals surface area contributed by atoms with Crippen LogP contribution >= 0.6 is 0 Å². The number of carboxylic acids is 1. The van der Waals surface area contributed by atoms with Crippen LogP contribution in [0.15, 0.2) is 91.5 Å². The molecule has 2 fully saturated rings. The molecule has 1 atom stereocenters. The van der Waals surface area contributed by atoms with Gasteiger partial charge in [-0.1, -0.05) is 30.3 Å². The number of pyridine rings is 2. The summed E-state index contributed by atoms with van der Waals surface area (Å²) in [5.41, 5.74) is 5.42. The van der Waals surface area contributed by atoms with Crippen LogP contribution in [0.3, 0.4) is 0 Å². The topological polar surface area (TPSA) is 125 Å². The molecule has 1 unspecified atom stereocenters. The first kappa shape index (κ1) is 30.0. The number of morpholine rings is 1. The number of aliphatic carboxylic acids is 1. The summed E-state index contributed by atoms with van der Waals surface area (Å²) in [6, 6.07) is 20.3. The molecule has 45 heavy (non-hydrogen) atoms. The van der Waals surface area contributed by atoms with E-state index < -0.39 is 12.0 Å². The minimum atomic E-state index is -0.979. The molecular weight excluding hydrogens is 570 g/mol. The Bertz CT molecular complexity index is 1660. The van der Waals surface area contributed by atoms with Crippen molar-refractivity contribution in [1.29, 1.82) is 0 Å². The lowest BCUT2D eigenvalue weighted by atomic mass is 9.99. The Hall–Kier alpha value is -5.09. The third kappa shape index (κ3) is 7.35. The molecule has 2 N–H and O–H groups in total. The van der Waals surface area contributed by atoms with Crippen LogP contribution in [0.2, 0.25) is 0 Å². The van der Waals surface area contributed by atoms with Crippen molar-refractivity contribution >= 4 is 29.2 Å². The number of nitrogens with one attached hydrogen (secondary N) is 1. The molecule has 0 spiro atoms. The van der Waals surface area contributed by atoms with E-state index in [1.54, 1.807) is 41.7 Å². The number of amides is 2. The number of carbonyl (C=O) groups excluding carboxylic acids is 2.